The van der Waals surface area contributed by atoms with Crippen molar-refractivity contribution < 1.29 is 28.8 Å². The number of hydrogen-bond donors (Lipinski definition) is 4. The molecular formula is C40H73N7O6S2. The molecule has 4 N–H and O–H groups in total. The quantitative estimate of drug-likeness (QED) is 0.196. The van der Waals surface area contributed by atoms with Crippen molar-refractivity contribution in [3.8, 4) is 0 Å². The fourth-order valence-electron chi connectivity index (χ4n) is 7.87. The largest absolute Gasteiger partial charge is 0.347 e. The van der Waals surface area contributed by atoms with Gasteiger partial charge in [-0.15, -0.1) is 0 Å². The summed E-state index contributed by atoms with van der Waals surface area (Å²) >= 11 is 0. The molecule has 0 unspecified atom stereocenters. The summed E-state index contributed by atoms with van der Waals surface area (Å²) in [5.74, 6) is -3.20. The third kappa shape index (κ3) is 13.5. The van der Waals surface area contributed by atoms with E-state index in [4.69, 9.17) is 0 Å². The predicted molar refractivity (Wildman–Crippen MR) is 228 cm³/mol. The molecule has 1 saturated heterocycles. The molecule has 1 aromatic rings. The van der Waals surface area contributed by atoms with Crippen molar-refractivity contribution in [1.82, 2.24) is 36.1 Å². The molecule has 2 heterocycles. The number of Topliss-reactive ketones (excluding diaryl/α,β-unsaturated/α-hetero) is 1. The fraction of sp³-hybridized carbons (Fsp3) is 0.750. The maximum Gasteiger partial charge on any atom is 0.289 e. The molecule has 1 aromatic heterocycles. The van der Waals surface area contributed by atoms with Crippen LogP contribution in [0.4, 0.5) is 0 Å². The normalized spacial score (nSPS) is 21.6. The van der Waals surface area contributed by atoms with Gasteiger partial charge >= 0.3 is 0 Å². The predicted octanol–water partition coefficient (Wildman–Crippen LogP) is 5.22. The Balaban J connectivity index is 0. The van der Waals surface area contributed by atoms with Gasteiger partial charge in [0.1, 0.15) is 23.8 Å². The molecule has 4 aliphatic rings. The molecule has 0 spiro atoms. The maximum atomic E-state index is 14.6. The number of hydrogen-bond acceptors (Lipinski definition) is 8. The van der Waals surface area contributed by atoms with Crippen LogP contribution in [0.1, 0.15) is 145 Å². The molecule has 4 fully saturated rings. The van der Waals surface area contributed by atoms with Crippen molar-refractivity contribution in [2.24, 2.45) is 23.2 Å². The van der Waals surface area contributed by atoms with Crippen LogP contribution in [0.3, 0.4) is 0 Å². The van der Waals surface area contributed by atoms with Gasteiger partial charge in [-0.3, -0.25) is 33.8 Å². The average Bonchev–Trinajstić information content (AvgIpc) is 3.65. The van der Waals surface area contributed by atoms with Crippen LogP contribution < -0.4 is 21.3 Å². The Bertz CT molecular complexity index is 1400. The minimum atomic E-state index is -0.994. The number of amides is 5. The molecule has 3 aliphatic carbocycles. The van der Waals surface area contributed by atoms with Crippen LogP contribution in [0, 0.1) is 23.2 Å². The topological polar surface area (TPSA) is 180 Å². The summed E-state index contributed by atoms with van der Waals surface area (Å²) < 4.78 is 0. The number of nitrogens with zero attached hydrogens (tertiary/aromatic N) is 3. The first-order valence-electron chi connectivity index (χ1n) is 18.2. The number of fused-ring (bicyclic) bond motifs is 1. The molecule has 0 aromatic carbocycles. The molecule has 15 heteroatoms. The van der Waals surface area contributed by atoms with Crippen molar-refractivity contribution in [2.75, 3.05) is 6.54 Å². The van der Waals surface area contributed by atoms with Crippen LogP contribution in [0.15, 0.2) is 18.6 Å². The first kappa shape index (κ1) is 53.9. The third-order valence-corrected chi connectivity index (χ3v) is 10.7. The number of aromatic nitrogens is 2. The second kappa shape index (κ2) is 23.8. The number of likely N-dealkylation sites (tertiary alicyclic amines) is 1. The minimum Gasteiger partial charge on any atom is -0.347 e. The molecule has 3 saturated carbocycles. The zero-order valence-electron chi connectivity index (χ0n) is 30.3. The molecule has 0 bridgehead atoms. The highest BCUT2D eigenvalue weighted by Gasteiger charge is 2.52. The lowest BCUT2D eigenvalue weighted by Crippen LogP contribution is -2.62. The van der Waals surface area contributed by atoms with Gasteiger partial charge < -0.3 is 26.2 Å². The summed E-state index contributed by atoms with van der Waals surface area (Å²) in [5.41, 5.74) is -0.638. The number of carbonyl (C=O) groups is 6. The van der Waals surface area contributed by atoms with Gasteiger partial charge in [0.05, 0.1) is 12.2 Å². The van der Waals surface area contributed by atoms with Gasteiger partial charge in [0.2, 0.25) is 23.5 Å². The lowest BCUT2D eigenvalue weighted by atomic mass is 9.82. The van der Waals surface area contributed by atoms with E-state index in [0.29, 0.717) is 19.4 Å². The third-order valence-electron chi connectivity index (χ3n) is 10.7. The van der Waals surface area contributed by atoms with Crippen LogP contribution in [-0.4, -0.2) is 86.9 Å². The number of rotatable bonds is 13. The SMILES string of the molecule is C.C.C.C.CCC[C@@H](NC(=O)[C@@H]1[C@@H]2CCC[C@H]2CN1C(=O)[C@@H](NC(=O)[C@H](NC(=O)c1cnccn1)C1CCCCC1)C(C)(C)C)C(=O)C(=O)NC1CC1.S.S. The molecule has 5 rings (SSSR count). The van der Waals surface area contributed by atoms with Crippen LogP contribution in [0.5, 0.6) is 0 Å². The number of carbonyl (C=O) groups excluding carboxylic acids is 6. The maximum absolute atomic E-state index is 14.6. The first-order chi connectivity index (χ1) is 23.4. The standard InChI is InChI=1S/C36H53N7O6.4CH4.2H2S/c1-5-10-25(29(44)34(48)39-23-15-16-23)40-33(47)28-24-14-9-13-22(24)20-43(28)35(49)30(36(2,3)4)42-32(46)27(21-11-7-6-8-12-21)41-31(45)26-19-37-17-18-38-26;;;;;;/h17-19,21-25,27-28,30H,5-16,20H2,1-4H3,(H,39,48)(H,40,47)(H,41,45)(H,42,46);4*1H4;2*1H2/t22-,24+,25+,27+,28-,30+;;;;;;/m0....../s1. The molecule has 0 radical (unpaired) electrons. The Morgan fingerprint density at radius 2 is 1.49 bits per heavy atom. The number of nitrogens with one attached hydrogen (secondary N) is 4. The number of ketones is 1. The van der Waals surface area contributed by atoms with Crippen molar-refractivity contribution >= 4 is 62.3 Å². The summed E-state index contributed by atoms with van der Waals surface area (Å²) in [6.07, 6.45) is 13.9. The average molecular weight is 812 g/mol. The van der Waals surface area contributed by atoms with E-state index in [-0.39, 0.29) is 92.1 Å². The molecular weight excluding hydrogens is 739 g/mol. The van der Waals surface area contributed by atoms with Crippen LogP contribution in [0.25, 0.3) is 0 Å². The first-order valence-corrected chi connectivity index (χ1v) is 18.2. The van der Waals surface area contributed by atoms with Gasteiger partial charge in [-0.2, -0.15) is 27.0 Å². The highest BCUT2D eigenvalue weighted by atomic mass is 32.1. The smallest absolute Gasteiger partial charge is 0.289 e. The van der Waals surface area contributed by atoms with Gasteiger partial charge in [0, 0.05) is 25.0 Å². The highest BCUT2D eigenvalue weighted by Crippen LogP contribution is 2.43. The van der Waals surface area contributed by atoms with Gasteiger partial charge in [-0.25, -0.2) is 4.98 Å². The van der Waals surface area contributed by atoms with Crippen molar-refractivity contribution in [1.29, 1.82) is 0 Å². The minimum absolute atomic E-state index is 0. The summed E-state index contributed by atoms with van der Waals surface area (Å²) in [6, 6.07) is -3.68. The monoisotopic (exact) mass is 812 g/mol. The molecule has 316 valence electrons. The lowest BCUT2D eigenvalue weighted by Gasteiger charge is -2.38. The molecule has 1 aliphatic heterocycles. The molecule has 5 amide bonds. The Morgan fingerprint density at radius 1 is 0.836 bits per heavy atom. The van der Waals surface area contributed by atoms with Crippen molar-refractivity contribution in [3.05, 3.63) is 24.3 Å². The van der Waals surface area contributed by atoms with Gasteiger partial charge in [0.25, 0.3) is 11.8 Å². The van der Waals surface area contributed by atoms with E-state index in [1.807, 2.05) is 27.7 Å². The van der Waals surface area contributed by atoms with Crippen LogP contribution >= 0.6 is 27.0 Å². The summed E-state index contributed by atoms with van der Waals surface area (Å²) in [4.78, 5) is 91.4. The van der Waals surface area contributed by atoms with Gasteiger partial charge in [0.15, 0.2) is 0 Å². The molecule has 6 atom stereocenters. The van der Waals surface area contributed by atoms with Crippen molar-refractivity contribution in [3.63, 3.8) is 0 Å². The van der Waals surface area contributed by atoms with Gasteiger partial charge in [-0.05, 0) is 68.1 Å². The summed E-state index contributed by atoms with van der Waals surface area (Å²) in [5, 5.41) is 11.5. The lowest BCUT2D eigenvalue weighted by molar-refractivity contribution is -0.146. The van der Waals surface area contributed by atoms with Crippen LogP contribution in [-0.2, 0) is 24.0 Å². The Hall–Kier alpha value is -3.20. The van der Waals surface area contributed by atoms with Crippen molar-refractivity contribution in [2.45, 2.75) is 165 Å². The van der Waals surface area contributed by atoms with E-state index < -0.39 is 59.0 Å². The molecule has 55 heavy (non-hydrogen) atoms. The van der Waals surface area contributed by atoms with E-state index in [2.05, 4.69) is 31.2 Å². The van der Waals surface area contributed by atoms with E-state index in [1.165, 1.54) is 18.6 Å². The Kier molecular flexibility index (Phi) is 23.3. The van der Waals surface area contributed by atoms with E-state index in [0.717, 1.165) is 64.2 Å². The summed E-state index contributed by atoms with van der Waals surface area (Å²) in [7, 11) is 0. The second-order valence-electron chi connectivity index (χ2n) is 15.5. The summed E-state index contributed by atoms with van der Waals surface area (Å²) in [6.45, 7) is 7.85. The van der Waals surface area contributed by atoms with Gasteiger partial charge in [-0.1, -0.05) is 89.5 Å². The van der Waals surface area contributed by atoms with E-state index in [9.17, 15) is 28.8 Å². The van der Waals surface area contributed by atoms with E-state index >= 15 is 0 Å². The Morgan fingerprint density at radius 3 is 2.05 bits per heavy atom. The second-order valence-corrected chi connectivity index (χ2v) is 15.5. The van der Waals surface area contributed by atoms with Crippen LogP contribution in [0.2, 0.25) is 0 Å². The zero-order chi connectivity index (χ0) is 35.3. The Labute approximate surface area is 344 Å². The van der Waals surface area contributed by atoms with E-state index in [1.54, 1.807) is 4.90 Å². The zero-order valence-corrected chi connectivity index (χ0v) is 32.3. The highest BCUT2D eigenvalue weighted by molar-refractivity contribution is 7.59. The fourth-order valence-corrected chi connectivity index (χ4v) is 7.87. The molecule has 13 nitrogen and oxygen atoms in total.